The molecule has 22 heavy (non-hydrogen) atoms. The standard InChI is InChI=1S/C19H25NO2/c1-15-8-9-19(22-11-10-20-14-16(2)21)18(12-15)13-17-6-4-3-5-7-17/h3-9,12,16,20-21H,10-11,13-14H2,1-2H3/t16-/m1/s1. The average molecular weight is 299 g/mol. The first-order valence-corrected chi connectivity index (χ1v) is 7.80. The summed E-state index contributed by atoms with van der Waals surface area (Å²) < 4.78 is 5.90. The zero-order valence-electron chi connectivity index (χ0n) is 13.4. The highest BCUT2D eigenvalue weighted by Crippen LogP contribution is 2.23. The van der Waals surface area contributed by atoms with Crippen molar-refractivity contribution in [3.8, 4) is 5.75 Å². The molecule has 2 aromatic rings. The third-order valence-corrected chi connectivity index (χ3v) is 3.43. The minimum Gasteiger partial charge on any atom is -0.492 e. The molecule has 0 aliphatic carbocycles. The van der Waals surface area contributed by atoms with Crippen molar-refractivity contribution < 1.29 is 9.84 Å². The molecule has 0 radical (unpaired) electrons. The van der Waals surface area contributed by atoms with Crippen molar-refractivity contribution in [1.82, 2.24) is 5.32 Å². The van der Waals surface area contributed by atoms with E-state index in [1.165, 1.54) is 16.7 Å². The molecule has 0 aliphatic rings. The van der Waals surface area contributed by atoms with Gasteiger partial charge in [-0.3, -0.25) is 0 Å². The molecule has 0 fully saturated rings. The molecule has 0 aromatic heterocycles. The van der Waals surface area contributed by atoms with Gasteiger partial charge in [0.05, 0.1) is 6.10 Å². The summed E-state index contributed by atoms with van der Waals surface area (Å²) in [6.45, 7) is 5.78. The van der Waals surface area contributed by atoms with E-state index in [1.807, 2.05) is 12.1 Å². The van der Waals surface area contributed by atoms with Crippen LogP contribution in [0.4, 0.5) is 0 Å². The molecule has 2 aromatic carbocycles. The van der Waals surface area contributed by atoms with Crippen LogP contribution in [0.5, 0.6) is 5.75 Å². The highest BCUT2D eigenvalue weighted by Gasteiger charge is 2.05. The number of aliphatic hydroxyl groups is 1. The fourth-order valence-corrected chi connectivity index (χ4v) is 2.35. The van der Waals surface area contributed by atoms with Crippen LogP contribution >= 0.6 is 0 Å². The van der Waals surface area contributed by atoms with Gasteiger partial charge in [0, 0.05) is 19.5 Å². The first-order chi connectivity index (χ1) is 10.6. The van der Waals surface area contributed by atoms with Crippen molar-refractivity contribution in [1.29, 1.82) is 0 Å². The third-order valence-electron chi connectivity index (χ3n) is 3.43. The van der Waals surface area contributed by atoms with E-state index < -0.39 is 0 Å². The van der Waals surface area contributed by atoms with Crippen LogP contribution in [-0.4, -0.2) is 30.9 Å². The second-order valence-electron chi connectivity index (χ2n) is 5.68. The predicted octanol–water partition coefficient (Wildman–Crippen LogP) is 2.94. The largest absolute Gasteiger partial charge is 0.492 e. The predicted molar refractivity (Wildman–Crippen MR) is 90.5 cm³/mol. The second kappa shape index (κ2) is 8.57. The molecule has 0 aliphatic heterocycles. The van der Waals surface area contributed by atoms with Gasteiger partial charge in [0.2, 0.25) is 0 Å². The van der Waals surface area contributed by atoms with E-state index in [2.05, 4.69) is 48.6 Å². The van der Waals surface area contributed by atoms with Crippen molar-refractivity contribution in [2.24, 2.45) is 0 Å². The number of ether oxygens (including phenoxy) is 1. The van der Waals surface area contributed by atoms with Crippen LogP contribution in [0.3, 0.4) is 0 Å². The number of rotatable bonds is 8. The molecule has 1 atom stereocenters. The van der Waals surface area contributed by atoms with Crippen LogP contribution < -0.4 is 10.1 Å². The maximum Gasteiger partial charge on any atom is 0.122 e. The molecule has 2 rings (SSSR count). The molecule has 118 valence electrons. The summed E-state index contributed by atoms with van der Waals surface area (Å²) in [5.74, 6) is 0.938. The lowest BCUT2D eigenvalue weighted by atomic mass is 10.0. The summed E-state index contributed by atoms with van der Waals surface area (Å²) in [6.07, 6.45) is 0.548. The van der Waals surface area contributed by atoms with E-state index in [4.69, 9.17) is 4.74 Å². The number of nitrogens with one attached hydrogen (secondary N) is 1. The molecule has 0 unspecified atom stereocenters. The second-order valence-corrected chi connectivity index (χ2v) is 5.68. The smallest absolute Gasteiger partial charge is 0.122 e. The van der Waals surface area contributed by atoms with E-state index in [0.29, 0.717) is 13.2 Å². The van der Waals surface area contributed by atoms with E-state index in [0.717, 1.165) is 18.7 Å². The Labute approximate surface area is 133 Å². The van der Waals surface area contributed by atoms with Crippen LogP contribution in [0.15, 0.2) is 48.5 Å². The summed E-state index contributed by atoms with van der Waals surface area (Å²) in [7, 11) is 0. The lowest BCUT2D eigenvalue weighted by molar-refractivity contribution is 0.188. The van der Waals surface area contributed by atoms with Crippen molar-refractivity contribution in [2.75, 3.05) is 19.7 Å². The normalized spacial score (nSPS) is 12.1. The molecule has 0 saturated carbocycles. The molecule has 0 saturated heterocycles. The van der Waals surface area contributed by atoms with Gasteiger partial charge in [0.25, 0.3) is 0 Å². The Morgan fingerprint density at radius 2 is 1.91 bits per heavy atom. The van der Waals surface area contributed by atoms with E-state index in [1.54, 1.807) is 6.92 Å². The summed E-state index contributed by atoms with van der Waals surface area (Å²) in [5, 5.41) is 12.4. The van der Waals surface area contributed by atoms with Gasteiger partial charge in [-0.25, -0.2) is 0 Å². The van der Waals surface area contributed by atoms with E-state index >= 15 is 0 Å². The van der Waals surface area contributed by atoms with Crippen LogP contribution in [-0.2, 0) is 6.42 Å². The number of aryl methyl sites for hydroxylation is 1. The van der Waals surface area contributed by atoms with Crippen LogP contribution in [0.2, 0.25) is 0 Å². The van der Waals surface area contributed by atoms with Crippen molar-refractivity contribution in [2.45, 2.75) is 26.4 Å². The number of hydrogen-bond donors (Lipinski definition) is 2. The van der Waals surface area contributed by atoms with Gasteiger partial charge < -0.3 is 15.2 Å². The summed E-state index contributed by atoms with van der Waals surface area (Å²) in [6, 6.07) is 16.7. The molecule has 0 amide bonds. The molecular formula is C19H25NO2. The van der Waals surface area contributed by atoms with Crippen molar-refractivity contribution >= 4 is 0 Å². The maximum absolute atomic E-state index is 9.20. The zero-order chi connectivity index (χ0) is 15.8. The first kappa shape index (κ1) is 16.5. The maximum atomic E-state index is 9.20. The van der Waals surface area contributed by atoms with Crippen LogP contribution in [0.25, 0.3) is 0 Å². The summed E-state index contributed by atoms with van der Waals surface area (Å²) in [5.41, 5.74) is 3.73. The lowest BCUT2D eigenvalue weighted by Gasteiger charge is -2.13. The van der Waals surface area contributed by atoms with Gasteiger partial charge in [-0.05, 0) is 31.0 Å². The first-order valence-electron chi connectivity index (χ1n) is 7.80. The van der Waals surface area contributed by atoms with Gasteiger partial charge in [0.1, 0.15) is 12.4 Å². The highest BCUT2D eigenvalue weighted by atomic mass is 16.5. The van der Waals surface area contributed by atoms with Crippen molar-refractivity contribution in [3.05, 3.63) is 65.2 Å². The minimum atomic E-state index is -0.326. The Balaban J connectivity index is 1.95. The van der Waals surface area contributed by atoms with Crippen molar-refractivity contribution in [3.63, 3.8) is 0 Å². The third kappa shape index (κ3) is 5.51. The molecular weight excluding hydrogens is 274 g/mol. The zero-order valence-corrected chi connectivity index (χ0v) is 13.4. The SMILES string of the molecule is Cc1ccc(OCCNC[C@@H](C)O)c(Cc2ccccc2)c1. The molecule has 2 N–H and O–H groups in total. The Morgan fingerprint density at radius 3 is 2.64 bits per heavy atom. The summed E-state index contributed by atoms with van der Waals surface area (Å²) >= 11 is 0. The van der Waals surface area contributed by atoms with Crippen LogP contribution in [0.1, 0.15) is 23.6 Å². The van der Waals surface area contributed by atoms with Gasteiger partial charge >= 0.3 is 0 Å². The molecule has 0 heterocycles. The number of aliphatic hydroxyl groups excluding tert-OH is 1. The molecule has 3 nitrogen and oxygen atoms in total. The molecule has 0 spiro atoms. The highest BCUT2D eigenvalue weighted by molar-refractivity contribution is 5.40. The van der Waals surface area contributed by atoms with Crippen LogP contribution in [0, 0.1) is 6.92 Å². The Bertz CT molecular complexity index is 567. The lowest BCUT2D eigenvalue weighted by Crippen LogP contribution is -2.28. The van der Waals surface area contributed by atoms with Gasteiger partial charge in [0.15, 0.2) is 0 Å². The Kier molecular flexibility index (Phi) is 6.44. The van der Waals surface area contributed by atoms with Gasteiger partial charge in [-0.2, -0.15) is 0 Å². The Morgan fingerprint density at radius 1 is 1.14 bits per heavy atom. The fraction of sp³-hybridized carbons (Fsp3) is 0.368. The Hall–Kier alpha value is -1.84. The molecule has 0 bridgehead atoms. The quantitative estimate of drug-likeness (QED) is 0.736. The number of benzene rings is 2. The van der Waals surface area contributed by atoms with E-state index in [9.17, 15) is 5.11 Å². The topological polar surface area (TPSA) is 41.5 Å². The molecule has 3 heteroatoms. The fourth-order valence-electron chi connectivity index (χ4n) is 2.35. The summed E-state index contributed by atoms with van der Waals surface area (Å²) in [4.78, 5) is 0. The number of hydrogen-bond acceptors (Lipinski definition) is 3. The monoisotopic (exact) mass is 299 g/mol. The van der Waals surface area contributed by atoms with Gasteiger partial charge in [-0.1, -0.05) is 48.0 Å². The van der Waals surface area contributed by atoms with Gasteiger partial charge in [-0.15, -0.1) is 0 Å². The average Bonchev–Trinajstić information content (AvgIpc) is 2.49. The van der Waals surface area contributed by atoms with E-state index in [-0.39, 0.29) is 6.10 Å². The minimum absolute atomic E-state index is 0.326.